The van der Waals surface area contributed by atoms with Crippen LogP contribution in [0, 0.1) is 0 Å². The van der Waals surface area contributed by atoms with Crippen molar-refractivity contribution in [2.24, 2.45) is 0 Å². The number of nitrogens with zero attached hydrogens (tertiary/aromatic N) is 2. The molecule has 0 radical (unpaired) electrons. The fraction of sp³-hybridized carbons (Fsp3) is 0.667. The summed E-state index contributed by atoms with van der Waals surface area (Å²) in [6.45, 7) is 4.55. The molecule has 0 saturated heterocycles. The zero-order chi connectivity index (χ0) is 13.6. The lowest BCUT2D eigenvalue weighted by molar-refractivity contribution is 0.0917. The van der Waals surface area contributed by atoms with Gasteiger partial charge < -0.3 is 10.2 Å². The Morgan fingerprint density at radius 3 is 2.39 bits per heavy atom. The summed E-state index contributed by atoms with van der Waals surface area (Å²) in [6, 6.07) is 4.60. The van der Waals surface area contributed by atoms with Crippen LogP contribution in [0.4, 0.5) is 0 Å². The third-order valence-electron chi connectivity index (χ3n) is 4.27. The second-order valence-electron chi connectivity index (χ2n) is 5.11. The molecule has 102 valence electrons. The van der Waals surface area contributed by atoms with Crippen LogP contribution in [0.1, 0.15) is 32.3 Å². The Bertz CT molecular complexity index is 331. The highest BCUT2D eigenvalue weighted by Gasteiger charge is 2.36. The van der Waals surface area contributed by atoms with Gasteiger partial charge in [-0.1, -0.05) is 19.9 Å². The number of likely N-dealkylation sites (N-methyl/N-ethyl adjacent to an activating group) is 2. The first-order chi connectivity index (χ1) is 8.60. The number of hydrogen-bond acceptors (Lipinski definition) is 3. The van der Waals surface area contributed by atoms with Crippen molar-refractivity contribution in [2.75, 3.05) is 21.1 Å². The lowest BCUT2D eigenvalue weighted by Crippen LogP contribution is -2.58. The van der Waals surface area contributed by atoms with Gasteiger partial charge in [0.1, 0.15) is 0 Å². The van der Waals surface area contributed by atoms with Crippen molar-refractivity contribution >= 4 is 0 Å². The zero-order valence-corrected chi connectivity index (χ0v) is 12.4. The minimum Gasteiger partial charge on any atom is -0.315 e. The normalized spacial score (nSPS) is 13.9. The molecule has 0 amide bonds. The summed E-state index contributed by atoms with van der Waals surface area (Å²) >= 11 is 0. The Balaban J connectivity index is 2.93. The maximum absolute atomic E-state index is 4.21. The summed E-state index contributed by atoms with van der Waals surface area (Å²) in [6.07, 6.45) is 7.10. The molecule has 1 rings (SSSR count). The third kappa shape index (κ3) is 3.09. The molecule has 0 bridgehead atoms. The molecule has 3 nitrogen and oxygen atoms in total. The molecular weight excluding hydrogens is 222 g/mol. The molecule has 1 atom stereocenters. The second kappa shape index (κ2) is 6.86. The summed E-state index contributed by atoms with van der Waals surface area (Å²) in [5.41, 5.74) is 1.50. The Hall–Kier alpha value is -0.930. The van der Waals surface area contributed by atoms with E-state index in [-0.39, 0.29) is 5.54 Å². The van der Waals surface area contributed by atoms with E-state index in [1.54, 1.807) is 0 Å². The van der Waals surface area contributed by atoms with Crippen LogP contribution in [0.2, 0.25) is 0 Å². The van der Waals surface area contributed by atoms with Gasteiger partial charge in [-0.05, 0) is 52.0 Å². The molecule has 0 aromatic carbocycles. The highest BCUT2D eigenvalue weighted by molar-refractivity contribution is 5.13. The maximum atomic E-state index is 4.21. The quantitative estimate of drug-likeness (QED) is 0.804. The van der Waals surface area contributed by atoms with E-state index in [4.69, 9.17) is 0 Å². The summed E-state index contributed by atoms with van der Waals surface area (Å²) in [4.78, 5) is 6.57. The number of pyridine rings is 1. The lowest BCUT2D eigenvalue weighted by Gasteiger charge is -2.45. The van der Waals surface area contributed by atoms with Gasteiger partial charge in [-0.15, -0.1) is 0 Å². The average molecular weight is 249 g/mol. The average Bonchev–Trinajstić information content (AvgIpc) is 2.40. The van der Waals surface area contributed by atoms with Gasteiger partial charge in [0.05, 0.1) is 0 Å². The minimum atomic E-state index is 0.199. The van der Waals surface area contributed by atoms with Crippen molar-refractivity contribution in [3.05, 3.63) is 30.1 Å². The number of hydrogen-bond donors (Lipinski definition) is 1. The van der Waals surface area contributed by atoms with E-state index < -0.39 is 0 Å². The zero-order valence-electron chi connectivity index (χ0n) is 12.4. The van der Waals surface area contributed by atoms with Gasteiger partial charge in [0.15, 0.2) is 0 Å². The van der Waals surface area contributed by atoms with Gasteiger partial charge in [-0.3, -0.25) is 4.98 Å². The van der Waals surface area contributed by atoms with Crippen LogP contribution in [-0.4, -0.2) is 42.6 Å². The van der Waals surface area contributed by atoms with Crippen molar-refractivity contribution in [1.82, 2.24) is 15.2 Å². The van der Waals surface area contributed by atoms with Crippen molar-refractivity contribution in [3.8, 4) is 0 Å². The van der Waals surface area contributed by atoms with Gasteiger partial charge in [-0.25, -0.2) is 0 Å². The molecule has 1 heterocycles. The maximum Gasteiger partial charge on any atom is 0.0354 e. The SMILES string of the molecule is CCC(CC)(C(Cc1cccnc1)NC)N(C)C. The number of nitrogens with one attached hydrogen (secondary N) is 1. The van der Waals surface area contributed by atoms with E-state index in [9.17, 15) is 0 Å². The first-order valence-corrected chi connectivity index (χ1v) is 6.84. The first kappa shape index (κ1) is 15.1. The monoisotopic (exact) mass is 249 g/mol. The molecular formula is C15H27N3. The van der Waals surface area contributed by atoms with Crippen LogP contribution in [0.15, 0.2) is 24.5 Å². The summed E-state index contributed by atoms with van der Waals surface area (Å²) in [7, 11) is 6.42. The van der Waals surface area contributed by atoms with Crippen LogP contribution in [-0.2, 0) is 6.42 Å². The minimum absolute atomic E-state index is 0.199. The molecule has 0 fully saturated rings. The highest BCUT2D eigenvalue weighted by atomic mass is 15.2. The van der Waals surface area contributed by atoms with Crippen LogP contribution in [0.5, 0.6) is 0 Å². The Labute approximate surface area is 112 Å². The van der Waals surface area contributed by atoms with E-state index in [1.165, 1.54) is 5.56 Å². The fourth-order valence-corrected chi connectivity index (χ4v) is 3.00. The lowest BCUT2D eigenvalue weighted by atomic mass is 9.80. The van der Waals surface area contributed by atoms with E-state index >= 15 is 0 Å². The van der Waals surface area contributed by atoms with Crippen molar-refractivity contribution in [3.63, 3.8) is 0 Å². The molecule has 0 aliphatic heterocycles. The molecule has 1 aromatic rings. The first-order valence-electron chi connectivity index (χ1n) is 6.84. The van der Waals surface area contributed by atoms with Crippen LogP contribution in [0.3, 0.4) is 0 Å². The van der Waals surface area contributed by atoms with Crippen LogP contribution >= 0.6 is 0 Å². The fourth-order valence-electron chi connectivity index (χ4n) is 3.00. The molecule has 3 heteroatoms. The molecule has 1 unspecified atom stereocenters. The van der Waals surface area contributed by atoms with Crippen molar-refractivity contribution in [2.45, 2.75) is 44.7 Å². The predicted octanol–water partition coefficient (Wildman–Crippen LogP) is 2.33. The number of aromatic nitrogens is 1. The summed E-state index contributed by atoms with van der Waals surface area (Å²) in [5, 5.41) is 3.51. The highest BCUT2D eigenvalue weighted by Crippen LogP contribution is 2.27. The van der Waals surface area contributed by atoms with Crippen molar-refractivity contribution in [1.29, 1.82) is 0 Å². The molecule has 0 aliphatic rings. The summed E-state index contributed by atoms with van der Waals surface area (Å²) < 4.78 is 0. The van der Waals surface area contributed by atoms with Crippen molar-refractivity contribution < 1.29 is 0 Å². The standard InChI is InChI=1S/C15H27N3/c1-6-15(7-2,18(4)5)14(16-3)11-13-9-8-10-17-12-13/h8-10,12,14,16H,6-7,11H2,1-5H3. The Kier molecular flexibility index (Phi) is 5.76. The Morgan fingerprint density at radius 1 is 1.33 bits per heavy atom. The van der Waals surface area contributed by atoms with E-state index in [1.807, 2.05) is 18.5 Å². The van der Waals surface area contributed by atoms with Gasteiger partial charge in [0, 0.05) is 24.0 Å². The van der Waals surface area contributed by atoms with Gasteiger partial charge in [0.2, 0.25) is 0 Å². The third-order valence-corrected chi connectivity index (χ3v) is 4.27. The van der Waals surface area contributed by atoms with E-state index in [0.717, 1.165) is 19.3 Å². The van der Waals surface area contributed by atoms with Crippen LogP contribution < -0.4 is 5.32 Å². The summed E-state index contributed by atoms with van der Waals surface area (Å²) in [5.74, 6) is 0. The largest absolute Gasteiger partial charge is 0.315 e. The van der Waals surface area contributed by atoms with E-state index in [2.05, 4.69) is 56.3 Å². The van der Waals surface area contributed by atoms with E-state index in [0.29, 0.717) is 6.04 Å². The second-order valence-corrected chi connectivity index (χ2v) is 5.11. The van der Waals surface area contributed by atoms with Crippen LogP contribution in [0.25, 0.3) is 0 Å². The Morgan fingerprint density at radius 2 is 2.00 bits per heavy atom. The van der Waals surface area contributed by atoms with Gasteiger partial charge >= 0.3 is 0 Å². The molecule has 18 heavy (non-hydrogen) atoms. The number of rotatable bonds is 7. The topological polar surface area (TPSA) is 28.2 Å². The molecule has 0 spiro atoms. The van der Waals surface area contributed by atoms with Gasteiger partial charge in [0.25, 0.3) is 0 Å². The molecule has 0 aliphatic carbocycles. The molecule has 1 N–H and O–H groups in total. The molecule has 0 saturated carbocycles. The smallest absolute Gasteiger partial charge is 0.0354 e. The predicted molar refractivity (Wildman–Crippen MR) is 77.8 cm³/mol. The van der Waals surface area contributed by atoms with Gasteiger partial charge in [-0.2, -0.15) is 0 Å². The molecule has 1 aromatic heterocycles.